The first-order chi connectivity index (χ1) is 14.5. The maximum absolute atomic E-state index is 13.3. The molecule has 4 atom stereocenters. The van der Waals surface area contributed by atoms with Gasteiger partial charge in [-0.25, -0.2) is 23.5 Å². The van der Waals surface area contributed by atoms with Crippen molar-refractivity contribution in [1.29, 1.82) is 0 Å². The Kier molecular flexibility index (Phi) is 3.99. The van der Waals surface area contributed by atoms with Gasteiger partial charge in [0.1, 0.15) is 5.75 Å². The van der Waals surface area contributed by atoms with Crippen molar-refractivity contribution in [2.45, 2.75) is 34.7 Å². The molecule has 2 aliphatic heterocycles. The lowest BCUT2D eigenvalue weighted by molar-refractivity contribution is -0.137. The second kappa shape index (κ2) is 6.14. The zero-order valence-corrected chi connectivity index (χ0v) is 18.1. The molecule has 1 saturated carbocycles. The number of amides is 2. The van der Waals surface area contributed by atoms with Crippen LogP contribution >= 0.6 is 23.2 Å². The van der Waals surface area contributed by atoms with Gasteiger partial charge in [-0.1, -0.05) is 18.2 Å². The molecule has 1 aliphatic carbocycles. The number of imide groups is 1. The Morgan fingerprint density at radius 1 is 1.00 bits per heavy atom. The molecule has 3 aliphatic rings. The van der Waals surface area contributed by atoms with Gasteiger partial charge in [-0.3, -0.25) is 14.5 Å². The summed E-state index contributed by atoms with van der Waals surface area (Å²) in [6.45, 7) is 0.107. The summed E-state index contributed by atoms with van der Waals surface area (Å²) in [5.74, 6) is -2.12. The number of likely N-dealkylation sites (tertiary alicyclic amines) is 1. The number of rotatable bonds is 1. The Morgan fingerprint density at radius 3 is 2.29 bits per heavy atom. The Labute approximate surface area is 185 Å². The van der Waals surface area contributed by atoms with Crippen molar-refractivity contribution in [3.63, 3.8) is 0 Å². The van der Waals surface area contributed by atoms with Crippen LogP contribution in [0.2, 0.25) is 0 Å². The monoisotopic (exact) mass is 464 g/mol. The number of carbonyl (C=O) groups excluding carboxylic acids is 2. The number of fused-ring (bicyclic) bond motifs is 4. The van der Waals surface area contributed by atoms with Crippen LogP contribution in [0.25, 0.3) is 0 Å². The molecule has 2 aromatic rings. The quantitative estimate of drug-likeness (QED) is 0.379. The van der Waals surface area contributed by atoms with Crippen LogP contribution in [-0.2, 0) is 23.2 Å². The molecule has 1 N–H and O–H groups in total. The zero-order chi connectivity index (χ0) is 22.5. The summed E-state index contributed by atoms with van der Waals surface area (Å²) in [6, 6.07) is 5.37. The highest BCUT2D eigenvalue weighted by Gasteiger charge is 2.74. The van der Waals surface area contributed by atoms with Crippen molar-refractivity contribution in [3.05, 3.63) is 62.4 Å². The molecular weight excluding hydrogens is 447 g/mol. The van der Waals surface area contributed by atoms with E-state index in [9.17, 15) is 24.3 Å². The topological polar surface area (TPSA) is 107 Å². The molecule has 162 valence electrons. The van der Waals surface area contributed by atoms with Gasteiger partial charge in [0, 0.05) is 26.4 Å². The third kappa shape index (κ3) is 2.22. The van der Waals surface area contributed by atoms with Crippen molar-refractivity contribution in [2.24, 2.45) is 7.05 Å². The molecular formula is C20H18Cl2N4O5. The van der Waals surface area contributed by atoms with Gasteiger partial charge in [0.25, 0.3) is 11.8 Å². The van der Waals surface area contributed by atoms with Gasteiger partial charge in [0.2, 0.25) is 0 Å². The number of hydrogen-bond acceptors (Lipinski definition) is 5. The van der Waals surface area contributed by atoms with Crippen molar-refractivity contribution >= 4 is 35.0 Å². The Hall–Kier alpha value is -2.78. The number of phenols is 1. The van der Waals surface area contributed by atoms with Gasteiger partial charge in [-0.2, -0.15) is 0 Å². The maximum atomic E-state index is 13.3. The van der Waals surface area contributed by atoms with Crippen molar-refractivity contribution in [1.82, 2.24) is 18.8 Å². The molecule has 2 amide bonds. The Morgan fingerprint density at radius 2 is 1.65 bits per heavy atom. The third-order valence-electron chi connectivity index (χ3n) is 6.70. The summed E-state index contributed by atoms with van der Waals surface area (Å²) >= 11 is 13.9. The van der Waals surface area contributed by atoms with Crippen molar-refractivity contribution in [3.8, 4) is 5.75 Å². The molecule has 3 heterocycles. The third-order valence-corrected chi connectivity index (χ3v) is 8.11. The number of hydrogen-bond donors (Lipinski definition) is 1. The lowest BCUT2D eigenvalue weighted by Crippen LogP contribution is -2.59. The van der Waals surface area contributed by atoms with E-state index in [1.54, 1.807) is 18.2 Å². The maximum Gasteiger partial charge on any atom is 0.347 e. The number of aromatic hydroxyl groups is 1. The summed E-state index contributed by atoms with van der Waals surface area (Å²) in [6.07, 6.45) is 1.64. The van der Waals surface area contributed by atoms with Crippen LogP contribution < -0.4 is 11.4 Å². The minimum atomic E-state index is -1.83. The summed E-state index contributed by atoms with van der Waals surface area (Å²) in [7, 11) is 2.71. The standard InChI is InChI=1S/C20H18Cl2N4O5/c1-23-15(28)19(21)9-13-12(7-8-25-17(30)24(2)18(31)26(13)25)14(20(19,22)16(23)29)10-3-5-11(27)6-4-10/h3-7,13-14,27H,8-9H2,1-2H3/t13-,14+,19-,20+/m1/s1. The second-order valence-corrected chi connectivity index (χ2v) is 9.42. The molecule has 1 aromatic carbocycles. The first kappa shape index (κ1) is 20.1. The molecule has 1 aromatic heterocycles. The summed E-state index contributed by atoms with van der Waals surface area (Å²) in [5, 5.41) is 9.74. The summed E-state index contributed by atoms with van der Waals surface area (Å²) in [4.78, 5) is 49.0. The van der Waals surface area contributed by atoms with Crippen LogP contribution in [-0.4, -0.2) is 52.5 Å². The first-order valence-electron chi connectivity index (χ1n) is 9.61. The fourth-order valence-electron chi connectivity index (χ4n) is 5.16. The largest absolute Gasteiger partial charge is 0.508 e. The van der Waals surface area contributed by atoms with Crippen LogP contribution in [0.15, 0.2) is 45.5 Å². The number of carbonyl (C=O) groups is 2. The average molecular weight is 465 g/mol. The zero-order valence-electron chi connectivity index (χ0n) is 16.6. The molecule has 0 unspecified atom stereocenters. The number of halogens is 2. The van der Waals surface area contributed by atoms with E-state index in [2.05, 4.69) is 0 Å². The van der Waals surface area contributed by atoms with Gasteiger partial charge in [-0.05, 0) is 23.3 Å². The lowest BCUT2D eigenvalue weighted by atomic mass is 9.64. The molecule has 0 spiro atoms. The first-order valence-corrected chi connectivity index (χ1v) is 10.4. The fraction of sp³-hybridized carbons (Fsp3) is 0.400. The van der Waals surface area contributed by atoms with E-state index >= 15 is 0 Å². The number of nitrogens with zero attached hydrogens (tertiary/aromatic N) is 4. The fourth-order valence-corrected chi connectivity index (χ4v) is 6.16. The Bertz CT molecular complexity index is 1310. The minimum absolute atomic E-state index is 0.0218. The average Bonchev–Trinajstić information content (AvgIpc) is 3.04. The van der Waals surface area contributed by atoms with E-state index in [0.717, 1.165) is 9.47 Å². The molecule has 31 heavy (non-hydrogen) atoms. The molecule has 1 saturated heterocycles. The number of aromatic nitrogens is 3. The van der Waals surface area contributed by atoms with Crippen LogP contribution in [0, 0.1) is 0 Å². The summed E-state index contributed by atoms with van der Waals surface area (Å²) < 4.78 is 3.57. The van der Waals surface area contributed by atoms with Crippen molar-refractivity contribution < 1.29 is 14.7 Å². The number of benzene rings is 1. The highest BCUT2D eigenvalue weighted by Crippen LogP contribution is 2.63. The normalized spacial score (nSPS) is 31.9. The Balaban J connectivity index is 1.82. The van der Waals surface area contributed by atoms with E-state index in [0.29, 0.717) is 11.1 Å². The van der Waals surface area contributed by atoms with Crippen LogP contribution in [0.1, 0.15) is 23.9 Å². The smallest absolute Gasteiger partial charge is 0.347 e. The van der Waals surface area contributed by atoms with Gasteiger partial charge in [0.05, 0.1) is 12.6 Å². The molecule has 11 heteroatoms. The van der Waals surface area contributed by atoms with Gasteiger partial charge in [0.15, 0.2) is 9.75 Å². The second-order valence-electron chi connectivity index (χ2n) is 8.18. The predicted molar refractivity (Wildman–Crippen MR) is 111 cm³/mol. The molecule has 5 rings (SSSR count). The van der Waals surface area contributed by atoms with E-state index in [-0.39, 0.29) is 18.7 Å². The van der Waals surface area contributed by atoms with E-state index in [1.165, 1.54) is 35.6 Å². The van der Waals surface area contributed by atoms with E-state index in [1.807, 2.05) is 0 Å². The molecule has 9 nitrogen and oxygen atoms in total. The SMILES string of the molecule is CN1C(=O)[C@]2(Cl)C[C@@H]3C(=CCn4c(=O)n(C)c(=O)n43)[C@H](c3ccc(O)cc3)[C@]2(Cl)C1=O. The molecule has 0 radical (unpaired) electrons. The van der Waals surface area contributed by atoms with Crippen LogP contribution in [0.3, 0.4) is 0 Å². The number of allylic oxidation sites excluding steroid dienone is 2. The van der Waals surface area contributed by atoms with Gasteiger partial charge < -0.3 is 5.11 Å². The molecule has 2 fully saturated rings. The minimum Gasteiger partial charge on any atom is -0.508 e. The molecule has 0 bridgehead atoms. The van der Waals surface area contributed by atoms with E-state index < -0.39 is 44.9 Å². The highest BCUT2D eigenvalue weighted by molar-refractivity contribution is 6.53. The lowest BCUT2D eigenvalue weighted by Gasteiger charge is -2.49. The highest BCUT2D eigenvalue weighted by atomic mass is 35.5. The van der Waals surface area contributed by atoms with Crippen LogP contribution in [0.4, 0.5) is 0 Å². The summed E-state index contributed by atoms with van der Waals surface area (Å²) in [5.41, 5.74) is 0.155. The number of phenolic OH excluding ortho intramolecular Hbond substituents is 1. The predicted octanol–water partition coefficient (Wildman–Crippen LogP) is 0.676. The van der Waals surface area contributed by atoms with Crippen molar-refractivity contribution in [2.75, 3.05) is 7.05 Å². The van der Waals surface area contributed by atoms with E-state index in [4.69, 9.17) is 23.2 Å². The van der Waals surface area contributed by atoms with Gasteiger partial charge in [-0.15, -0.1) is 23.2 Å². The van der Waals surface area contributed by atoms with Crippen LogP contribution in [0.5, 0.6) is 5.75 Å². The van der Waals surface area contributed by atoms with Gasteiger partial charge >= 0.3 is 11.4 Å². The number of alkyl halides is 2.